The fourth-order valence-corrected chi connectivity index (χ4v) is 3.03. The number of ether oxygens (including phenoxy) is 1. The van der Waals surface area contributed by atoms with Crippen LogP contribution in [0.25, 0.3) is 0 Å². The Balaban J connectivity index is 2.03. The van der Waals surface area contributed by atoms with Crippen LogP contribution in [-0.4, -0.2) is 24.5 Å². The van der Waals surface area contributed by atoms with Gasteiger partial charge in [-0.3, -0.25) is 4.79 Å². The van der Waals surface area contributed by atoms with Crippen molar-refractivity contribution in [3.63, 3.8) is 0 Å². The quantitative estimate of drug-likeness (QED) is 0.922. The van der Waals surface area contributed by atoms with Crippen molar-refractivity contribution < 1.29 is 9.53 Å². The molecule has 0 aliphatic carbocycles. The van der Waals surface area contributed by atoms with E-state index in [9.17, 15) is 4.79 Å². The van der Waals surface area contributed by atoms with Gasteiger partial charge >= 0.3 is 0 Å². The molecule has 1 atom stereocenters. The van der Waals surface area contributed by atoms with Crippen molar-refractivity contribution in [2.75, 3.05) is 13.2 Å². The lowest BCUT2D eigenvalue weighted by Gasteiger charge is -2.19. The van der Waals surface area contributed by atoms with E-state index in [2.05, 4.69) is 15.9 Å². The summed E-state index contributed by atoms with van der Waals surface area (Å²) < 4.78 is 6.19. The molecule has 5 heteroatoms. The molecule has 0 radical (unpaired) electrons. The van der Waals surface area contributed by atoms with Crippen molar-refractivity contribution in [3.05, 3.63) is 20.8 Å². The number of carbonyl (C=O) groups is 1. The van der Waals surface area contributed by atoms with Crippen molar-refractivity contribution in [2.45, 2.75) is 18.4 Å². The van der Waals surface area contributed by atoms with E-state index in [1.54, 1.807) is 11.3 Å². The molecule has 1 aliphatic rings. The van der Waals surface area contributed by atoms with Crippen LogP contribution in [0.4, 0.5) is 0 Å². The van der Waals surface area contributed by atoms with Crippen molar-refractivity contribution in [2.24, 2.45) is 5.73 Å². The SMILES string of the molecule is NC1(C(=O)Cc2cc(Br)cs2)CCOC1. The largest absolute Gasteiger partial charge is 0.379 e. The summed E-state index contributed by atoms with van der Waals surface area (Å²) in [5, 5.41) is 1.97. The highest BCUT2D eigenvalue weighted by atomic mass is 79.9. The van der Waals surface area contributed by atoms with Gasteiger partial charge in [-0.25, -0.2) is 0 Å². The lowest BCUT2D eigenvalue weighted by atomic mass is 9.92. The lowest BCUT2D eigenvalue weighted by Crippen LogP contribution is -2.49. The van der Waals surface area contributed by atoms with Gasteiger partial charge in [0.1, 0.15) is 5.54 Å². The van der Waals surface area contributed by atoms with E-state index < -0.39 is 5.54 Å². The smallest absolute Gasteiger partial charge is 0.160 e. The second-order valence-electron chi connectivity index (χ2n) is 3.79. The molecule has 1 aromatic heterocycles. The zero-order chi connectivity index (χ0) is 10.9. The molecule has 2 rings (SSSR count). The molecule has 0 aromatic carbocycles. The summed E-state index contributed by atoms with van der Waals surface area (Å²) in [5.74, 6) is 0.0781. The molecule has 2 N–H and O–H groups in total. The predicted octanol–water partition coefficient (Wildman–Crippen LogP) is 1.74. The van der Waals surface area contributed by atoms with Crippen molar-refractivity contribution in [1.82, 2.24) is 0 Å². The zero-order valence-electron chi connectivity index (χ0n) is 8.16. The first-order valence-electron chi connectivity index (χ1n) is 4.73. The van der Waals surface area contributed by atoms with E-state index in [-0.39, 0.29) is 5.78 Å². The Bertz CT molecular complexity index is 371. The van der Waals surface area contributed by atoms with E-state index in [4.69, 9.17) is 10.5 Å². The average molecular weight is 290 g/mol. The van der Waals surface area contributed by atoms with Crippen LogP contribution in [0.15, 0.2) is 15.9 Å². The number of halogens is 1. The van der Waals surface area contributed by atoms with Gasteiger partial charge in [0.05, 0.1) is 6.61 Å². The minimum atomic E-state index is -0.754. The molecule has 1 saturated heterocycles. The maximum atomic E-state index is 11.9. The van der Waals surface area contributed by atoms with Gasteiger partial charge in [0.15, 0.2) is 5.78 Å². The number of ketones is 1. The highest BCUT2D eigenvalue weighted by molar-refractivity contribution is 9.10. The van der Waals surface area contributed by atoms with Gasteiger partial charge in [-0.15, -0.1) is 11.3 Å². The van der Waals surface area contributed by atoms with Crippen LogP contribution in [0.3, 0.4) is 0 Å². The summed E-state index contributed by atoms with van der Waals surface area (Å²) in [6.07, 6.45) is 1.05. The van der Waals surface area contributed by atoms with Gasteiger partial charge in [-0.2, -0.15) is 0 Å². The highest BCUT2D eigenvalue weighted by Crippen LogP contribution is 2.24. The monoisotopic (exact) mass is 289 g/mol. The Morgan fingerprint density at radius 2 is 2.53 bits per heavy atom. The number of nitrogens with two attached hydrogens (primary N) is 1. The topological polar surface area (TPSA) is 52.3 Å². The molecule has 1 fully saturated rings. The molecular weight excluding hydrogens is 278 g/mol. The molecule has 0 amide bonds. The van der Waals surface area contributed by atoms with E-state index in [0.717, 1.165) is 9.35 Å². The number of rotatable bonds is 3. The molecule has 0 spiro atoms. The standard InChI is InChI=1S/C10H12BrNO2S/c11-7-3-8(15-5-7)4-9(13)10(12)1-2-14-6-10/h3,5H,1-2,4,6,12H2. The maximum absolute atomic E-state index is 11.9. The minimum Gasteiger partial charge on any atom is -0.379 e. The Morgan fingerprint density at radius 1 is 1.73 bits per heavy atom. The molecule has 0 bridgehead atoms. The number of thiophene rings is 1. The molecule has 3 nitrogen and oxygen atoms in total. The Morgan fingerprint density at radius 3 is 3.07 bits per heavy atom. The number of hydrogen-bond acceptors (Lipinski definition) is 4. The molecule has 0 saturated carbocycles. The minimum absolute atomic E-state index is 0.0781. The van der Waals surface area contributed by atoms with Crippen molar-refractivity contribution in [1.29, 1.82) is 0 Å². The molecule has 1 aromatic rings. The first-order valence-corrected chi connectivity index (χ1v) is 6.40. The number of hydrogen-bond donors (Lipinski definition) is 1. The first kappa shape index (κ1) is 11.3. The van der Waals surface area contributed by atoms with E-state index in [1.165, 1.54) is 0 Å². The van der Waals surface area contributed by atoms with Crippen molar-refractivity contribution >= 4 is 33.0 Å². The summed E-state index contributed by atoms with van der Waals surface area (Å²) in [7, 11) is 0. The van der Waals surface area contributed by atoms with Crippen LogP contribution in [0.1, 0.15) is 11.3 Å². The Hall–Kier alpha value is -0.230. The first-order chi connectivity index (χ1) is 7.10. The number of carbonyl (C=O) groups excluding carboxylic acids is 1. The fourth-order valence-electron chi connectivity index (χ4n) is 1.58. The normalized spacial score (nSPS) is 25.7. The van der Waals surface area contributed by atoms with E-state index >= 15 is 0 Å². The predicted molar refractivity (Wildman–Crippen MR) is 63.1 cm³/mol. The summed E-state index contributed by atoms with van der Waals surface area (Å²) >= 11 is 4.93. The summed E-state index contributed by atoms with van der Waals surface area (Å²) in [6.45, 7) is 0.953. The van der Waals surface area contributed by atoms with Gasteiger partial charge in [0, 0.05) is 27.8 Å². The molecule has 1 aliphatic heterocycles. The third-order valence-corrected chi connectivity index (χ3v) is 4.26. The Labute approximate surface area is 101 Å². The van der Waals surface area contributed by atoms with E-state index in [0.29, 0.717) is 26.1 Å². The Kier molecular flexibility index (Phi) is 3.25. The van der Waals surface area contributed by atoms with Gasteiger partial charge in [-0.05, 0) is 28.4 Å². The maximum Gasteiger partial charge on any atom is 0.160 e. The van der Waals surface area contributed by atoms with E-state index in [1.807, 2.05) is 11.4 Å². The second-order valence-corrected chi connectivity index (χ2v) is 5.70. The second kappa shape index (κ2) is 4.33. The van der Waals surface area contributed by atoms with Crippen LogP contribution in [-0.2, 0) is 16.0 Å². The number of Topliss-reactive ketones (excluding diaryl/α,β-unsaturated/α-hetero) is 1. The van der Waals surface area contributed by atoms with Gasteiger partial charge < -0.3 is 10.5 Å². The summed E-state index contributed by atoms with van der Waals surface area (Å²) in [6, 6.07) is 1.96. The van der Waals surface area contributed by atoms with Crippen LogP contribution in [0.2, 0.25) is 0 Å². The fraction of sp³-hybridized carbons (Fsp3) is 0.500. The van der Waals surface area contributed by atoms with Gasteiger partial charge in [-0.1, -0.05) is 0 Å². The molecule has 2 heterocycles. The summed E-state index contributed by atoms with van der Waals surface area (Å²) in [4.78, 5) is 13.0. The van der Waals surface area contributed by atoms with Gasteiger partial charge in [0.25, 0.3) is 0 Å². The van der Waals surface area contributed by atoms with Crippen LogP contribution < -0.4 is 5.73 Å². The van der Waals surface area contributed by atoms with Crippen LogP contribution >= 0.6 is 27.3 Å². The van der Waals surface area contributed by atoms with Crippen LogP contribution in [0, 0.1) is 0 Å². The third-order valence-electron chi connectivity index (χ3n) is 2.56. The molecule has 82 valence electrons. The molecular formula is C10H12BrNO2S. The summed E-state index contributed by atoms with van der Waals surface area (Å²) in [5.41, 5.74) is 5.22. The average Bonchev–Trinajstić information content (AvgIpc) is 2.76. The zero-order valence-corrected chi connectivity index (χ0v) is 10.6. The van der Waals surface area contributed by atoms with Gasteiger partial charge in [0.2, 0.25) is 0 Å². The third kappa shape index (κ3) is 2.47. The van der Waals surface area contributed by atoms with Crippen LogP contribution in [0.5, 0.6) is 0 Å². The van der Waals surface area contributed by atoms with Crippen molar-refractivity contribution in [3.8, 4) is 0 Å². The molecule has 15 heavy (non-hydrogen) atoms. The lowest BCUT2D eigenvalue weighted by molar-refractivity contribution is -0.123. The molecule has 1 unspecified atom stereocenters. The highest BCUT2D eigenvalue weighted by Gasteiger charge is 2.37.